The number of nitrogens with zero attached hydrogens (tertiary/aromatic N) is 1. The first-order valence-electron chi connectivity index (χ1n) is 5.27. The lowest BCUT2D eigenvalue weighted by Gasteiger charge is -2.14. The maximum atomic E-state index is 11.9. The molecular formula is C10H15BrN2O3S2. The average molecular weight is 355 g/mol. The molecule has 18 heavy (non-hydrogen) atoms. The van der Waals surface area contributed by atoms with Gasteiger partial charge in [-0.05, 0) is 41.4 Å². The molecule has 0 bridgehead atoms. The van der Waals surface area contributed by atoms with Gasteiger partial charge in [-0.3, -0.25) is 4.79 Å². The van der Waals surface area contributed by atoms with Gasteiger partial charge in [0.1, 0.15) is 4.21 Å². The number of sulfonamides is 1. The number of likely N-dealkylation sites (N-methyl/N-ethyl adjacent to an activating group) is 1. The summed E-state index contributed by atoms with van der Waals surface area (Å²) in [6.07, 6.45) is 0. The Morgan fingerprint density at radius 1 is 1.56 bits per heavy atom. The fourth-order valence-corrected chi connectivity index (χ4v) is 4.35. The molecule has 102 valence electrons. The van der Waals surface area contributed by atoms with Gasteiger partial charge < -0.3 is 4.90 Å². The van der Waals surface area contributed by atoms with Crippen LogP contribution in [-0.4, -0.2) is 39.4 Å². The Kier molecular flexibility index (Phi) is 5.32. The minimum atomic E-state index is -3.61. The standard InChI is InChI=1S/C10H15BrN2O3S2/c1-4-13(3)8(14)6-12-18(15,16)9-5-7(2)10(11)17-9/h5,12H,4,6H2,1-3H3. The quantitative estimate of drug-likeness (QED) is 0.872. The van der Waals surface area contributed by atoms with Gasteiger partial charge in [-0.2, -0.15) is 0 Å². The molecule has 0 aliphatic carbocycles. The number of halogens is 1. The van der Waals surface area contributed by atoms with Gasteiger partial charge in [0.05, 0.1) is 10.3 Å². The van der Waals surface area contributed by atoms with E-state index in [0.29, 0.717) is 6.54 Å². The van der Waals surface area contributed by atoms with Crippen LogP contribution in [0.25, 0.3) is 0 Å². The van der Waals surface area contributed by atoms with E-state index in [1.165, 1.54) is 4.90 Å². The number of nitrogens with one attached hydrogen (secondary N) is 1. The number of hydrogen-bond acceptors (Lipinski definition) is 4. The lowest BCUT2D eigenvalue weighted by atomic mass is 10.4. The highest BCUT2D eigenvalue weighted by atomic mass is 79.9. The van der Waals surface area contributed by atoms with Crippen molar-refractivity contribution in [2.75, 3.05) is 20.1 Å². The van der Waals surface area contributed by atoms with Crippen molar-refractivity contribution in [3.05, 3.63) is 15.4 Å². The molecule has 5 nitrogen and oxygen atoms in total. The maximum Gasteiger partial charge on any atom is 0.250 e. The summed E-state index contributed by atoms with van der Waals surface area (Å²) in [5, 5.41) is 0. The van der Waals surface area contributed by atoms with Crippen LogP contribution in [0.15, 0.2) is 14.1 Å². The van der Waals surface area contributed by atoms with Crippen molar-refractivity contribution in [1.29, 1.82) is 0 Å². The first-order chi connectivity index (χ1) is 8.27. The fraction of sp³-hybridized carbons (Fsp3) is 0.500. The zero-order valence-corrected chi connectivity index (χ0v) is 13.6. The lowest BCUT2D eigenvalue weighted by molar-refractivity contribution is -0.128. The molecule has 1 rings (SSSR count). The normalized spacial score (nSPS) is 11.6. The van der Waals surface area contributed by atoms with Crippen LogP contribution in [-0.2, 0) is 14.8 Å². The molecule has 0 aliphatic heterocycles. The van der Waals surface area contributed by atoms with E-state index in [4.69, 9.17) is 0 Å². The molecule has 0 atom stereocenters. The minimum absolute atomic E-state index is 0.207. The summed E-state index contributed by atoms with van der Waals surface area (Å²) < 4.78 is 27.1. The summed E-state index contributed by atoms with van der Waals surface area (Å²) >= 11 is 4.40. The predicted octanol–water partition coefficient (Wildman–Crippen LogP) is 1.58. The number of hydrogen-bond donors (Lipinski definition) is 1. The van der Waals surface area contributed by atoms with Crippen LogP contribution >= 0.6 is 27.3 Å². The third-order valence-electron chi connectivity index (χ3n) is 2.41. The number of carbonyl (C=O) groups excluding carboxylic acids is 1. The molecule has 1 heterocycles. The molecule has 0 fully saturated rings. The van der Waals surface area contributed by atoms with E-state index in [9.17, 15) is 13.2 Å². The molecule has 0 spiro atoms. The molecule has 1 aromatic rings. The molecule has 8 heteroatoms. The molecule has 1 aromatic heterocycles. The summed E-state index contributed by atoms with van der Waals surface area (Å²) in [7, 11) is -1.98. The molecule has 0 saturated heterocycles. The molecule has 0 saturated carbocycles. The van der Waals surface area contributed by atoms with Crippen LogP contribution in [0.1, 0.15) is 12.5 Å². The molecule has 0 aromatic carbocycles. The van der Waals surface area contributed by atoms with Crippen molar-refractivity contribution in [3.8, 4) is 0 Å². The summed E-state index contributed by atoms with van der Waals surface area (Å²) in [4.78, 5) is 13.0. The van der Waals surface area contributed by atoms with Crippen LogP contribution in [0.2, 0.25) is 0 Å². The second kappa shape index (κ2) is 6.14. The second-order valence-electron chi connectivity index (χ2n) is 3.75. The van der Waals surface area contributed by atoms with Gasteiger partial charge in [-0.25, -0.2) is 13.1 Å². The Bertz CT molecular complexity index is 520. The van der Waals surface area contributed by atoms with Crippen LogP contribution in [0.4, 0.5) is 0 Å². The van der Waals surface area contributed by atoms with Crippen molar-refractivity contribution < 1.29 is 13.2 Å². The highest BCUT2D eigenvalue weighted by Crippen LogP contribution is 2.30. The number of thiophene rings is 1. The van der Waals surface area contributed by atoms with Crippen LogP contribution in [0, 0.1) is 6.92 Å². The largest absolute Gasteiger partial charge is 0.345 e. The summed E-state index contributed by atoms with van der Waals surface area (Å²) in [6.45, 7) is 3.97. The van der Waals surface area contributed by atoms with Gasteiger partial charge >= 0.3 is 0 Å². The lowest BCUT2D eigenvalue weighted by Crippen LogP contribution is -2.37. The Morgan fingerprint density at radius 2 is 2.17 bits per heavy atom. The van der Waals surface area contributed by atoms with Gasteiger partial charge in [0.2, 0.25) is 5.91 Å². The Hall–Kier alpha value is -0.440. The highest BCUT2D eigenvalue weighted by Gasteiger charge is 2.19. The number of carbonyl (C=O) groups is 1. The topological polar surface area (TPSA) is 66.5 Å². The van der Waals surface area contributed by atoms with Gasteiger partial charge in [0.25, 0.3) is 10.0 Å². The van der Waals surface area contributed by atoms with Gasteiger partial charge in [-0.15, -0.1) is 11.3 Å². The first-order valence-corrected chi connectivity index (χ1v) is 8.36. The predicted molar refractivity (Wildman–Crippen MR) is 75.3 cm³/mol. The molecule has 1 N–H and O–H groups in total. The molecule has 0 unspecified atom stereocenters. The first kappa shape index (κ1) is 15.6. The number of aryl methyl sites for hydroxylation is 1. The zero-order valence-electron chi connectivity index (χ0n) is 10.4. The van der Waals surface area contributed by atoms with Crippen molar-refractivity contribution in [2.45, 2.75) is 18.1 Å². The van der Waals surface area contributed by atoms with E-state index in [1.54, 1.807) is 13.1 Å². The maximum absolute atomic E-state index is 11.9. The van der Waals surface area contributed by atoms with E-state index in [2.05, 4.69) is 20.7 Å². The Morgan fingerprint density at radius 3 is 2.61 bits per heavy atom. The average Bonchev–Trinajstić information content (AvgIpc) is 2.66. The monoisotopic (exact) mass is 354 g/mol. The summed E-state index contributed by atoms with van der Waals surface area (Å²) in [6, 6.07) is 1.57. The van der Waals surface area contributed by atoms with Gasteiger partial charge in [-0.1, -0.05) is 0 Å². The summed E-state index contributed by atoms with van der Waals surface area (Å²) in [5.74, 6) is -0.256. The Balaban J connectivity index is 2.75. The van der Waals surface area contributed by atoms with E-state index in [-0.39, 0.29) is 16.7 Å². The number of rotatable bonds is 5. The minimum Gasteiger partial charge on any atom is -0.345 e. The second-order valence-corrected chi connectivity index (χ2v) is 8.12. The van der Waals surface area contributed by atoms with E-state index >= 15 is 0 Å². The fourth-order valence-electron chi connectivity index (χ4n) is 1.10. The smallest absolute Gasteiger partial charge is 0.250 e. The van der Waals surface area contributed by atoms with E-state index in [1.807, 2.05) is 13.8 Å². The van der Waals surface area contributed by atoms with E-state index in [0.717, 1.165) is 20.7 Å². The summed E-state index contributed by atoms with van der Waals surface area (Å²) in [5.41, 5.74) is 0.859. The van der Waals surface area contributed by atoms with Crippen LogP contribution in [0.3, 0.4) is 0 Å². The third kappa shape index (κ3) is 3.78. The highest BCUT2D eigenvalue weighted by molar-refractivity contribution is 9.11. The van der Waals surface area contributed by atoms with Gasteiger partial charge in [0, 0.05) is 13.6 Å². The van der Waals surface area contributed by atoms with Crippen molar-refractivity contribution in [2.24, 2.45) is 0 Å². The SMILES string of the molecule is CCN(C)C(=O)CNS(=O)(=O)c1cc(C)c(Br)s1. The molecule has 0 radical (unpaired) electrons. The number of amides is 1. The van der Waals surface area contributed by atoms with Crippen molar-refractivity contribution in [1.82, 2.24) is 9.62 Å². The van der Waals surface area contributed by atoms with Crippen molar-refractivity contribution in [3.63, 3.8) is 0 Å². The van der Waals surface area contributed by atoms with Crippen LogP contribution < -0.4 is 4.72 Å². The van der Waals surface area contributed by atoms with Crippen LogP contribution in [0.5, 0.6) is 0 Å². The van der Waals surface area contributed by atoms with Crippen molar-refractivity contribution >= 4 is 43.2 Å². The third-order valence-corrected chi connectivity index (χ3v) is 6.42. The molecular weight excluding hydrogens is 340 g/mol. The Labute approximate surface area is 119 Å². The molecule has 0 aliphatic rings. The zero-order chi connectivity index (χ0) is 13.9. The van der Waals surface area contributed by atoms with Gasteiger partial charge in [0.15, 0.2) is 0 Å². The molecule has 1 amide bonds. The van der Waals surface area contributed by atoms with E-state index < -0.39 is 10.0 Å².